The van der Waals surface area contributed by atoms with Crippen molar-refractivity contribution in [3.63, 3.8) is 0 Å². The SMILES string of the molecule is Cc1cc(O)c(CN=C=O)cc1Cl. The molecule has 0 spiro atoms. The van der Waals surface area contributed by atoms with Crippen LogP contribution in [-0.4, -0.2) is 11.2 Å². The predicted octanol–water partition coefficient (Wildman–Crippen LogP) is 2.19. The molecule has 0 saturated heterocycles. The van der Waals surface area contributed by atoms with Crippen molar-refractivity contribution in [2.24, 2.45) is 4.99 Å². The van der Waals surface area contributed by atoms with Crippen LogP contribution in [0.25, 0.3) is 0 Å². The third-order valence-electron chi connectivity index (χ3n) is 1.67. The minimum atomic E-state index is 0.0981. The van der Waals surface area contributed by atoms with Crippen molar-refractivity contribution in [1.82, 2.24) is 0 Å². The summed E-state index contributed by atoms with van der Waals surface area (Å²) in [6.45, 7) is 1.89. The van der Waals surface area contributed by atoms with Gasteiger partial charge in [0.1, 0.15) is 5.75 Å². The monoisotopic (exact) mass is 197 g/mol. The number of isocyanates is 1. The molecule has 4 heteroatoms. The summed E-state index contributed by atoms with van der Waals surface area (Å²) in [7, 11) is 0. The van der Waals surface area contributed by atoms with Gasteiger partial charge in [0, 0.05) is 10.6 Å². The van der Waals surface area contributed by atoms with Gasteiger partial charge in [-0.15, -0.1) is 0 Å². The Morgan fingerprint density at radius 2 is 2.31 bits per heavy atom. The van der Waals surface area contributed by atoms with Gasteiger partial charge in [0.25, 0.3) is 0 Å². The molecule has 0 aliphatic rings. The lowest BCUT2D eigenvalue weighted by Crippen LogP contribution is -1.85. The quantitative estimate of drug-likeness (QED) is 0.584. The topological polar surface area (TPSA) is 49.7 Å². The largest absolute Gasteiger partial charge is 0.508 e. The van der Waals surface area contributed by atoms with Crippen molar-refractivity contribution in [1.29, 1.82) is 0 Å². The molecule has 0 aliphatic carbocycles. The van der Waals surface area contributed by atoms with Crippen molar-refractivity contribution >= 4 is 17.7 Å². The highest BCUT2D eigenvalue weighted by atomic mass is 35.5. The molecule has 0 unspecified atom stereocenters. The maximum Gasteiger partial charge on any atom is 0.235 e. The van der Waals surface area contributed by atoms with Crippen molar-refractivity contribution in [2.45, 2.75) is 13.5 Å². The fourth-order valence-electron chi connectivity index (χ4n) is 0.952. The van der Waals surface area contributed by atoms with Crippen LogP contribution >= 0.6 is 11.6 Å². The highest BCUT2D eigenvalue weighted by Crippen LogP contribution is 2.25. The van der Waals surface area contributed by atoms with Crippen LogP contribution in [-0.2, 0) is 11.3 Å². The van der Waals surface area contributed by atoms with Crippen molar-refractivity contribution < 1.29 is 9.90 Å². The van der Waals surface area contributed by atoms with Crippen molar-refractivity contribution in [3.05, 3.63) is 28.3 Å². The van der Waals surface area contributed by atoms with Gasteiger partial charge in [-0.05, 0) is 24.6 Å². The molecular formula is C9H8ClNO2. The van der Waals surface area contributed by atoms with Gasteiger partial charge >= 0.3 is 0 Å². The summed E-state index contributed by atoms with van der Waals surface area (Å²) in [5.41, 5.74) is 1.32. The third-order valence-corrected chi connectivity index (χ3v) is 2.08. The smallest absolute Gasteiger partial charge is 0.235 e. The molecule has 0 aliphatic heterocycles. The first-order valence-corrected chi connectivity index (χ1v) is 4.04. The van der Waals surface area contributed by atoms with Gasteiger partial charge in [0.15, 0.2) is 0 Å². The van der Waals surface area contributed by atoms with Crippen molar-refractivity contribution in [3.8, 4) is 5.75 Å². The number of rotatable bonds is 2. The third kappa shape index (κ3) is 2.31. The Morgan fingerprint density at radius 3 is 2.92 bits per heavy atom. The second kappa shape index (κ2) is 4.08. The van der Waals surface area contributed by atoms with Crippen LogP contribution in [0, 0.1) is 6.92 Å². The van der Waals surface area contributed by atoms with Gasteiger partial charge < -0.3 is 5.11 Å². The average molecular weight is 198 g/mol. The minimum absolute atomic E-state index is 0.0981. The first-order chi connectivity index (χ1) is 6.15. The molecule has 13 heavy (non-hydrogen) atoms. The van der Waals surface area contributed by atoms with E-state index in [-0.39, 0.29) is 12.3 Å². The molecular weight excluding hydrogens is 190 g/mol. The molecule has 0 radical (unpaired) electrons. The van der Waals surface area contributed by atoms with Crippen LogP contribution < -0.4 is 0 Å². The van der Waals surface area contributed by atoms with E-state index in [9.17, 15) is 9.90 Å². The van der Waals surface area contributed by atoms with Gasteiger partial charge in [0.05, 0.1) is 6.54 Å². The van der Waals surface area contributed by atoms with Crippen LogP contribution in [0.4, 0.5) is 0 Å². The maximum absolute atomic E-state index is 9.84. The van der Waals surface area contributed by atoms with E-state index in [1.165, 1.54) is 12.1 Å². The Hall–Kier alpha value is -1.31. The molecule has 0 aromatic heterocycles. The number of aromatic hydroxyl groups is 1. The second-order valence-corrected chi connectivity index (χ2v) is 3.04. The molecule has 0 bridgehead atoms. The molecule has 1 rings (SSSR count). The molecule has 1 aromatic carbocycles. The summed E-state index contributed by atoms with van der Waals surface area (Å²) in [5.74, 6) is 0.0981. The highest BCUT2D eigenvalue weighted by molar-refractivity contribution is 6.31. The summed E-state index contributed by atoms with van der Waals surface area (Å²) < 4.78 is 0. The Balaban J connectivity index is 3.07. The molecule has 68 valence electrons. The summed E-state index contributed by atoms with van der Waals surface area (Å²) >= 11 is 5.81. The summed E-state index contributed by atoms with van der Waals surface area (Å²) in [5, 5.41) is 9.94. The Morgan fingerprint density at radius 1 is 1.62 bits per heavy atom. The minimum Gasteiger partial charge on any atom is -0.508 e. The Kier molecular flexibility index (Phi) is 3.07. The van der Waals surface area contributed by atoms with Gasteiger partial charge in [-0.2, -0.15) is 0 Å². The molecule has 0 heterocycles. The summed E-state index contributed by atoms with van der Waals surface area (Å²) in [6.07, 6.45) is 1.40. The number of hydrogen-bond donors (Lipinski definition) is 1. The number of halogens is 1. The maximum atomic E-state index is 9.84. The molecule has 0 atom stereocenters. The molecule has 3 nitrogen and oxygen atoms in total. The lowest BCUT2D eigenvalue weighted by atomic mass is 10.1. The van der Waals surface area contributed by atoms with Gasteiger partial charge in [0.2, 0.25) is 6.08 Å². The highest BCUT2D eigenvalue weighted by Gasteiger charge is 2.04. The molecule has 0 amide bonds. The number of benzene rings is 1. The number of nitrogens with zero attached hydrogens (tertiary/aromatic N) is 1. The lowest BCUT2D eigenvalue weighted by Gasteiger charge is -2.03. The number of aryl methyl sites for hydroxylation is 1. The Bertz CT molecular complexity index is 370. The molecule has 1 aromatic rings. The van der Waals surface area contributed by atoms with Crippen LogP contribution in [0.2, 0.25) is 5.02 Å². The van der Waals surface area contributed by atoms with E-state index in [1.54, 1.807) is 13.0 Å². The van der Waals surface area contributed by atoms with Gasteiger partial charge in [-0.1, -0.05) is 11.6 Å². The van der Waals surface area contributed by atoms with Gasteiger partial charge in [-0.3, -0.25) is 0 Å². The standard InChI is InChI=1S/C9H8ClNO2/c1-6-2-9(13)7(3-8(6)10)4-11-5-12/h2-3,13H,4H2,1H3. The first kappa shape index (κ1) is 9.78. The average Bonchev–Trinajstić information content (AvgIpc) is 2.09. The number of carbonyl (C=O) groups excluding carboxylic acids is 1. The fraction of sp³-hybridized carbons (Fsp3) is 0.222. The fourth-order valence-corrected chi connectivity index (χ4v) is 1.14. The normalized spacial score (nSPS) is 9.38. The van der Waals surface area contributed by atoms with E-state index < -0.39 is 0 Å². The van der Waals surface area contributed by atoms with E-state index in [2.05, 4.69) is 4.99 Å². The van der Waals surface area contributed by atoms with E-state index in [4.69, 9.17) is 11.6 Å². The van der Waals surface area contributed by atoms with Crippen LogP contribution in [0.1, 0.15) is 11.1 Å². The summed E-state index contributed by atoms with van der Waals surface area (Å²) in [6, 6.07) is 3.13. The van der Waals surface area contributed by atoms with Crippen LogP contribution in [0.3, 0.4) is 0 Å². The number of aliphatic imine (C=N–C) groups is 1. The number of phenolic OH excluding ortho intramolecular Hbond substituents is 1. The predicted molar refractivity (Wildman–Crippen MR) is 49.7 cm³/mol. The lowest BCUT2D eigenvalue weighted by molar-refractivity contribution is 0.468. The van der Waals surface area contributed by atoms with E-state index in [0.717, 1.165) is 5.56 Å². The van der Waals surface area contributed by atoms with Gasteiger partial charge in [-0.25, -0.2) is 9.79 Å². The molecule has 0 saturated carbocycles. The van der Waals surface area contributed by atoms with E-state index in [1.807, 2.05) is 0 Å². The molecule has 0 fully saturated rings. The second-order valence-electron chi connectivity index (χ2n) is 2.64. The summed E-state index contributed by atoms with van der Waals surface area (Å²) in [4.78, 5) is 13.2. The van der Waals surface area contributed by atoms with E-state index >= 15 is 0 Å². The number of phenols is 1. The zero-order valence-corrected chi connectivity index (χ0v) is 7.80. The van der Waals surface area contributed by atoms with Crippen LogP contribution in [0.15, 0.2) is 17.1 Å². The zero-order valence-electron chi connectivity index (χ0n) is 7.04. The number of hydrogen-bond acceptors (Lipinski definition) is 3. The Labute approximate surface area is 80.7 Å². The van der Waals surface area contributed by atoms with Crippen LogP contribution in [0.5, 0.6) is 5.75 Å². The zero-order chi connectivity index (χ0) is 9.84. The van der Waals surface area contributed by atoms with Crippen molar-refractivity contribution in [2.75, 3.05) is 0 Å². The first-order valence-electron chi connectivity index (χ1n) is 3.66. The molecule has 1 N–H and O–H groups in total. The van der Waals surface area contributed by atoms with E-state index in [0.29, 0.717) is 10.6 Å².